The number of rotatable bonds is 7. The highest BCUT2D eigenvalue weighted by atomic mass is 16.6. The second-order valence-corrected chi connectivity index (χ2v) is 5.93. The number of nitrogens with zero attached hydrogens (tertiary/aromatic N) is 1. The van der Waals surface area contributed by atoms with Crippen molar-refractivity contribution in [3.63, 3.8) is 0 Å². The standard InChI is InChI=1S/C19H18N2O7/c1-12(2)28-18(23)13-7-9-14(10-8-13)20-17(22)11-27-19(24)15-5-3-4-6-16(15)21(25)26/h3-10,12H,11H2,1-2H3,(H,20,22). The quantitative estimate of drug-likeness (QED) is 0.440. The highest BCUT2D eigenvalue weighted by Gasteiger charge is 2.21. The average molecular weight is 386 g/mol. The van der Waals surface area contributed by atoms with Crippen molar-refractivity contribution in [1.82, 2.24) is 0 Å². The van der Waals surface area contributed by atoms with Gasteiger partial charge in [0, 0.05) is 11.8 Å². The van der Waals surface area contributed by atoms with Crippen molar-refractivity contribution in [1.29, 1.82) is 0 Å². The van der Waals surface area contributed by atoms with Crippen molar-refractivity contribution >= 4 is 29.2 Å². The first-order chi connectivity index (χ1) is 13.3. The Kier molecular flexibility index (Phi) is 6.80. The van der Waals surface area contributed by atoms with Gasteiger partial charge in [0.25, 0.3) is 11.6 Å². The van der Waals surface area contributed by atoms with Crippen molar-refractivity contribution in [3.8, 4) is 0 Å². The smallest absolute Gasteiger partial charge is 0.345 e. The summed E-state index contributed by atoms with van der Waals surface area (Å²) in [5.41, 5.74) is 0.0625. The molecule has 9 nitrogen and oxygen atoms in total. The third kappa shape index (κ3) is 5.63. The van der Waals surface area contributed by atoms with Crippen LogP contribution in [0.2, 0.25) is 0 Å². The molecule has 0 heterocycles. The number of esters is 2. The molecular formula is C19H18N2O7. The molecule has 0 saturated heterocycles. The van der Waals surface area contributed by atoms with Gasteiger partial charge >= 0.3 is 11.9 Å². The summed E-state index contributed by atoms with van der Waals surface area (Å²) in [6.45, 7) is 2.84. The molecule has 1 amide bonds. The molecular weight excluding hydrogens is 368 g/mol. The average Bonchev–Trinajstić information content (AvgIpc) is 2.66. The van der Waals surface area contributed by atoms with Crippen LogP contribution in [0.3, 0.4) is 0 Å². The Balaban J connectivity index is 1.91. The first kappa shape index (κ1) is 20.6. The first-order valence-electron chi connectivity index (χ1n) is 8.29. The van der Waals surface area contributed by atoms with Gasteiger partial charge in [-0.2, -0.15) is 0 Å². The molecule has 0 atom stereocenters. The molecule has 0 fully saturated rings. The number of nitro groups is 1. The summed E-state index contributed by atoms with van der Waals surface area (Å²) < 4.78 is 9.89. The van der Waals surface area contributed by atoms with Crippen molar-refractivity contribution in [2.24, 2.45) is 0 Å². The molecule has 0 spiro atoms. The summed E-state index contributed by atoms with van der Waals surface area (Å²) in [6.07, 6.45) is -0.248. The lowest BCUT2D eigenvalue weighted by molar-refractivity contribution is -0.385. The fourth-order valence-corrected chi connectivity index (χ4v) is 2.18. The summed E-state index contributed by atoms with van der Waals surface area (Å²) in [4.78, 5) is 45.9. The van der Waals surface area contributed by atoms with Crippen LogP contribution in [-0.2, 0) is 14.3 Å². The number of benzene rings is 2. The molecule has 0 aliphatic rings. The van der Waals surface area contributed by atoms with E-state index in [1.165, 1.54) is 48.5 Å². The summed E-state index contributed by atoms with van der Waals surface area (Å²) in [6, 6.07) is 11.3. The molecule has 0 aliphatic carbocycles. The fourth-order valence-electron chi connectivity index (χ4n) is 2.18. The Hall–Kier alpha value is -3.75. The van der Waals surface area contributed by atoms with Gasteiger partial charge in [-0.3, -0.25) is 14.9 Å². The number of hydrogen-bond acceptors (Lipinski definition) is 7. The topological polar surface area (TPSA) is 125 Å². The highest BCUT2D eigenvalue weighted by Crippen LogP contribution is 2.18. The van der Waals surface area contributed by atoms with Gasteiger partial charge in [-0.1, -0.05) is 12.1 Å². The molecule has 0 aliphatic heterocycles. The minimum atomic E-state index is -0.978. The largest absolute Gasteiger partial charge is 0.459 e. The Bertz CT molecular complexity index is 891. The number of nitro benzene ring substituents is 1. The lowest BCUT2D eigenvalue weighted by atomic mass is 10.2. The molecule has 0 bridgehead atoms. The number of carbonyl (C=O) groups is 3. The van der Waals surface area contributed by atoms with Gasteiger partial charge in [0.2, 0.25) is 0 Å². The van der Waals surface area contributed by atoms with Gasteiger partial charge in [-0.15, -0.1) is 0 Å². The van der Waals surface area contributed by atoms with Crippen LogP contribution in [0.1, 0.15) is 34.6 Å². The zero-order valence-electron chi connectivity index (χ0n) is 15.2. The predicted molar refractivity (Wildman–Crippen MR) is 99.0 cm³/mol. The zero-order valence-corrected chi connectivity index (χ0v) is 15.2. The van der Waals surface area contributed by atoms with E-state index >= 15 is 0 Å². The predicted octanol–water partition coefficient (Wildman–Crippen LogP) is 2.96. The molecule has 0 aromatic heterocycles. The van der Waals surface area contributed by atoms with E-state index in [1.807, 2.05) is 0 Å². The molecule has 0 unspecified atom stereocenters. The molecule has 2 aromatic carbocycles. The van der Waals surface area contributed by atoms with Gasteiger partial charge in [0.1, 0.15) is 5.56 Å². The van der Waals surface area contributed by atoms with Crippen molar-refractivity contribution in [2.75, 3.05) is 11.9 Å². The van der Waals surface area contributed by atoms with Crippen molar-refractivity contribution < 1.29 is 28.8 Å². The second-order valence-electron chi connectivity index (χ2n) is 5.93. The van der Waals surface area contributed by atoms with Crippen LogP contribution in [0.5, 0.6) is 0 Å². The van der Waals surface area contributed by atoms with Crippen LogP contribution in [0.4, 0.5) is 11.4 Å². The van der Waals surface area contributed by atoms with E-state index in [2.05, 4.69) is 5.32 Å². The van der Waals surface area contributed by atoms with Crippen LogP contribution in [-0.4, -0.2) is 35.5 Å². The summed E-state index contributed by atoms with van der Waals surface area (Å²) in [7, 11) is 0. The second kappa shape index (κ2) is 9.26. The highest BCUT2D eigenvalue weighted by molar-refractivity contribution is 5.97. The minimum Gasteiger partial charge on any atom is -0.459 e. The van der Waals surface area contributed by atoms with Gasteiger partial charge in [0.05, 0.1) is 16.6 Å². The molecule has 9 heteroatoms. The van der Waals surface area contributed by atoms with Gasteiger partial charge < -0.3 is 14.8 Å². The maximum absolute atomic E-state index is 12.0. The summed E-state index contributed by atoms with van der Waals surface area (Å²) in [5.74, 6) is -2.09. The van der Waals surface area contributed by atoms with Crippen molar-refractivity contribution in [2.45, 2.75) is 20.0 Å². The zero-order chi connectivity index (χ0) is 20.7. The molecule has 2 rings (SSSR count). The van der Waals surface area contributed by atoms with E-state index in [-0.39, 0.29) is 11.7 Å². The normalized spacial score (nSPS) is 10.2. The number of anilines is 1. The van der Waals surface area contributed by atoms with Crippen LogP contribution in [0.25, 0.3) is 0 Å². The van der Waals surface area contributed by atoms with Crippen LogP contribution in [0.15, 0.2) is 48.5 Å². The molecule has 146 valence electrons. The van der Waals surface area contributed by atoms with E-state index in [4.69, 9.17) is 9.47 Å². The van der Waals surface area contributed by atoms with E-state index in [0.29, 0.717) is 11.3 Å². The maximum atomic E-state index is 12.0. The van der Waals surface area contributed by atoms with Crippen LogP contribution in [0, 0.1) is 10.1 Å². The van der Waals surface area contributed by atoms with Gasteiger partial charge in [-0.05, 0) is 44.2 Å². The fraction of sp³-hybridized carbons (Fsp3) is 0.211. The van der Waals surface area contributed by atoms with E-state index in [9.17, 15) is 24.5 Å². The molecule has 28 heavy (non-hydrogen) atoms. The Labute approximate surface area is 160 Å². The number of para-hydroxylation sites is 1. The number of ether oxygens (including phenoxy) is 2. The Morgan fingerprint density at radius 3 is 2.29 bits per heavy atom. The summed E-state index contributed by atoms with van der Waals surface area (Å²) >= 11 is 0. The third-order valence-corrected chi connectivity index (χ3v) is 3.40. The monoisotopic (exact) mass is 386 g/mol. The molecule has 2 aromatic rings. The Morgan fingerprint density at radius 2 is 1.68 bits per heavy atom. The van der Waals surface area contributed by atoms with Crippen LogP contribution < -0.4 is 5.32 Å². The first-order valence-corrected chi connectivity index (χ1v) is 8.29. The van der Waals surface area contributed by atoms with Gasteiger partial charge in [0.15, 0.2) is 6.61 Å². The SMILES string of the molecule is CC(C)OC(=O)c1ccc(NC(=O)COC(=O)c2ccccc2[N+](=O)[O-])cc1. The van der Waals surface area contributed by atoms with E-state index in [1.54, 1.807) is 13.8 Å². The van der Waals surface area contributed by atoms with Crippen molar-refractivity contribution in [3.05, 3.63) is 69.8 Å². The third-order valence-electron chi connectivity index (χ3n) is 3.40. The van der Waals surface area contributed by atoms with Crippen LogP contribution >= 0.6 is 0 Å². The number of hydrogen-bond donors (Lipinski definition) is 1. The molecule has 0 saturated carbocycles. The lowest BCUT2D eigenvalue weighted by Crippen LogP contribution is -2.21. The summed E-state index contributed by atoms with van der Waals surface area (Å²) in [5, 5.41) is 13.4. The van der Waals surface area contributed by atoms with Gasteiger partial charge in [-0.25, -0.2) is 9.59 Å². The Morgan fingerprint density at radius 1 is 1.04 bits per heavy atom. The number of nitrogens with one attached hydrogen (secondary N) is 1. The number of carbonyl (C=O) groups excluding carboxylic acids is 3. The van der Waals surface area contributed by atoms with E-state index in [0.717, 1.165) is 0 Å². The molecule has 0 radical (unpaired) electrons. The number of amides is 1. The van der Waals surface area contributed by atoms with E-state index < -0.39 is 35.1 Å². The maximum Gasteiger partial charge on any atom is 0.345 e. The minimum absolute atomic E-state index is 0.242. The lowest BCUT2D eigenvalue weighted by Gasteiger charge is -2.09. The molecule has 1 N–H and O–H groups in total.